The molecule has 1 aliphatic heterocycles. The highest BCUT2D eigenvalue weighted by Crippen LogP contribution is 2.19. The van der Waals surface area contributed by atoms with E-state index in [2.05, 4.69) is 32.8 Å². The Hall–Kier alpha value is -1.13. The van der Waals surface area contributed by atoms with Crippen molar-refractivity contribution in [3.05, 3.63) is 29.3 Å². The molecular formula is C17H24ClIN4. The van der Waals surface area contributed by atoms with Gasteiger partial charge in [0.15, 0.2) is 5.96 Å². The molecule has 0 atom stereocenters. The van der Waals surface area contributed by atoms with Gasteiger partial charge in [-0.15, -0.1) is 36.3 Å². The molecule has 23 heavy (non-hydrogen) atoms. The van der Waals surface area contributed by atoms with Crippen molar-refractivity contribution in [3.63, 3.8) is 0 Å². The number of nitrogens with zero attached hydrogens (tertiary/aromatic N) is 3. The molecule has 0 bridgehead atoms. The monoisotopic (exact) mass is 446 g/mol. The number of benzene rings is 1. The lowest BCUT2D eigenvalue weighted by Crippen LogP contribution is -2.51. The summed E-state index contributed by atoms with van der Waals surface area (Å²) >= 11 is 5.93. The van der Waals surface area contributed by atoms with E-state index in [1.807, 2.05) is 12.1 Å². The van der Waals surface area contributed by atoms with Gasteiger partial charge in [-0.2, -0.15) is 0 Å². The van der Waals surface area contributed by atoms with Crippen LogP contribution in [0.5, 0.6) is 0 Å². The lowest BCUT2D eigenvalue weighted by Gasteiger charge is -2.36. The molecule has 0 unspecified atom stereocenters. The SMILES string of the molecule is C#CCCCCN=C(N)N1CCN(c2ccc(Cl)cc2)CC1.I. The third-order valence-corrected chi connectivity index (χ3v) is 4.05. The Labute approximate surface area is 161 Å². The van der Waals surface area contributed by atoms with Crippen LogP contribution in [0.3, 0.4) is 0 Å². The van der Waals surface area contributed by atoms with Crippen LogP contribution in [-0.2, 0) is 0 Å². The number of unbranched alkanes of at least 4 members (excludes halogenated alkanes) is 2. The zero-order valence-electron chi connectivity index (χ0n) is 13.2. The van der Waals surface area contributed by atoms with Gasteiger partial charge < -0.3 is 15.5 Å². The third-order valence-electron chi connectivity index (χ3n) is 3.80. The van der Waals surface area contributed by atoms with Crippen molar-refractivity contribution in [3.8, 4) is 12.3 Å². The molecule has 0 saturated carbocycles. The first kappa shape index (κ1) is 19.9. The summed E-state index contributed by atoms with van der Waals surface area (Å²) in [5.41, 5.74) is 7.27. The summed E-state index contributed by atoms with van der Waals surface area (Å²) in [5.74, 6) is 3.29. The highest BCUT2D eigenvalue weighted by molar-refractivity contribution is 14.0. The van der Waals surface area contributed by atoms with Gasteiger partial charge in [0, 0.05) is 49.9 Å². The van der Waals surface area contributed by atoms with E-state index in [4.69, 9.17) is 23.8 Å². The predicted molar refractivity (Wildman–Crippen MR) is 110 cm³/mol. The molecule has 126 valence electrons. The molecule has 0 amide bonds. The van der Waals surface area contributed by atoms with Gasteiger partial charge in [-0.3, -0.25) is 4.99 Å². The number of rotatable bonds is 5. The molecule has 1 aromatic carbocycles. The number of piperazine rings is 1. The van der Waals surface area contributed by atoms with Gasteiger partial charge in [-0.25, -0.2) is 0 Å². The first-order valence-corrected chi connectivity index (χ1v) is 8.07. The van der Waals surface area contributed by atoms with Gasteiger partial charge in [0.2, 0.25) is 0 Å². The van der Waals surface area contributed by atoms with Gasteiger partial charge in [-0.1, -0.05) is 11.6 Å². The Balaban J connectivity index is 0.00000264. The molecule has 2 rings (SSSR count). The molecule has 1 heterocycles. The lowest BCUT2D eigenvalue weighted by molar-refractivity contribution is 0.380. The molecule has 1 aliphatic rings. The maximum Gasteiger partial charge on any atom is 0.191 e. The summed E-state index contributed by atoms with van der Waals surface area (Å²) in [6, 6.07) is 7.96. The number of halogens is 2. The average Bonchev–Trinajstić information content (AvgIpc) is 2.55. The van der Waals surface area contributed by atoms with E-state index in [0.29, 0.717) is 5.96 Å². The lowest BCUT2D eigenvalue weighted by atomic mass is 10.2. The van der Waals surface area contributed by atoms with Crippen molar-refractivity contribution < 1.29 is 0 Å². The van der Waals surface area contributed by atoms with Crippen LogP contribution in [0.4, 0.5) is 5.69 Å². The Bertz CT molecular complexity index is 531. The number of terminal acetylenes is 1. The zero-order chi connectivity index (χ0) is 15.8. The minimum Gasteiger partial charge on any atom is -0.370 e. The highest BCUT2D eigenvalue weighted by atomic mass is 127. The Morgan fingerprint density at radius 1 is 1.17 bits per heavy atom. The van der Waals surface area contributed by atoms with Gasteiger partial charge in [0.25, 0.3) is 0 Å². The zero-order valence-corrected chi connectivity index (χ0v) is 16.3. The summed E-state index contributed by atoms with van der Waals surface area (Å²) in [6.45, 7) is 4.42. The third kappa shape index (κ3) is 6.48. The number of anilines is 1. The van der Waals surface area contributed by atoms with Crippen LogP contribution in [0.25, 0.3) is 0 Å². The van der Waals surface area contributed by atoms with E-state index in [-0.39, 0.29) is 24.0 Å². The van der Waals surface area contributed by atoms with Crippen molar-refractivity contribution in [2.75, 3.05) is 37.6 Å². The molecule has 1 fully saturated rings. The van der Waals surface area contributed by atoms with E-state index in [0.717, 1.165) is 57.0 Å². The summed E-state index contributed by atoms with van der Waals surface area (Å²) in [5, 5.41) is 0.767. The summed E-state index contributed by atoms with van der Waals surface area (Å²) < 4.78 is 0. The highest BCUT2D eigenvalue weighted by Gasteiger charge is 2.18. The molecule has 0 aromatic heterocycles. The standard InChI is InChI=1S/C17H23ClN4.HI/c1-2-3-4-5-10-20-17(19)22-13-11-21(12-14-22)16-8-6-15(18)7-9-16;/h1,6-9H,3-5,10-14H2,(H2,19,20);1H. The first-order chi connectivity index (χ1) is 10.7. The van der Waals surface area contributed by atoms with Crippen LogP contribution >= 0.6 is 35.6 Å². The van der Waals surface area contributed by atoms with Gasteiger partial charge in [0.05, 0.1) is 0 Å². The van der Waals surface area contributed by atoms with Gasteiger partial charge in [0.1, 0.15) is 0 Å². The quantitative estimate of drug-likeness (QED) is 0.248. The van der Waals surface area contributed by atoms with Crippen molar-refractivity contribution in [1.29, 1.82) is 0 Å². The molecule has 4 nitrogen and oxygen atoms in total. The number of aliphatic imine (C=N–C) groups is 1. The van der Waals surface area contributed by atoms with Crippen molar-refractivity contribution >= 4 is 47.2 Å². The fraction of sp³-hybridized carbons (Fsp3) is 0.471. The number of hydrogen-bond donors (Lipinski definition) is 1. The maximum atomic E-state index is 6.07. The smallest absolute Gasteiger partial charge is 0.191 e. The number of guanidine groups is 1. The molecular weight excluding hydrogens is 423 g/mol. The molecule has 0 radical (unpaired) electrons. The van der Waals surface area contributed by atoms with Crippen LogP contribution in [0, 0.1) is 12.3 Å². The molecule has 6 heteroatoms. The van der Waals surface area contributed by atoms with Crippen molar-refractivity contribution in [2.45, 2.75) is 19.3 Å². The Morgan fingerprint density at radius 3 is 2.43 bits per heavy atom. The fourth-order valence-electron chi connectivity index (χ4n) is 2.48. The van der Waals surface area contributed by atoms with E-state index in [1.165, 1.54) is 5.69 Å². The molecule has 0 aliphatic carbocycles. The first-order valence-electron chi connectivity index (χ1n) is 7.69. The minimum atomic E-state index is 0. The number of nitrogens with two attached hydrogens (primary N) is 1. The maximum absolute atomic E-state index is 6.07. The second-order valence-electron chi connectivity index (χ2n) is 5.35. The second kappa shape index (κ2) is 10.6. The molecule has 1 aromatic rings. The van der Waals surface area contributed by atoms with Gasteiger partial charge in [-0.05, 0) is 37.1 Å². The predicted octanol–water partition coefficient (Wildman–Crippen LogP) is 3.20. The molecule has 2 N–H and O–H groups in total. The largest absolute Gasteiger partial charge is 0.370 e. The van der Waals surface area contributed by atoms with Gasteiger partial charge >= 0.3 is 0 Å². The van der Waals surface area contributed by atoms with E-state index in [9.17, 15) is 0 Å². The topological polar surface area (TPSA) is 44.9 Å². The summed E-state index contributed by atoms with van der Waals surface area (Å²) in [4.78, 5) is 8.93. The van der Waals surface area contributed by atoms with E-state index >= 15 is 0 Å². The van der Waals surface area contributed by atoms with Crippen LogP contribution in [0.2, 0.25) is 5.02 Å². The van der Waals surface area contributed by atoms with Crippen LogP contribution < -0.4 is 10.6 Å². The van der Waals surface area contributed by atoms with Crippen LogP contribution in [0.1, 0.15) is 19.3 Å². The van der Waals surface area contributed by atoms with E-state index < -0.39 is 0 Å². The van der Waals surface area contributed by atoms with Crippen molar-refractivity contribution in [1.82, 2.24) is 4.90 Å². The summed E-state index contributed by atoms with van der Waals surface area (Å²) in [7, 11) is 0. The normalized spacial score (nSPS) is 15.0. The van der Waals surface area contributed by atoms with E-state index in [1.54, 1.807) is 0 Å². The number of hydrogen-bond acceptors (Lipinski definition) is 2. The Kier molecular flexibility index (Phi) is 9.19. The second-order valence-corrected chi connectivity index (χ2v) is 5.79. The average molecular weight is 447 g/mol. The van der Waals surface area contributed by atoms with Crippen LogP contribution in [-0.4, -0.2) is 43.6 Å². The Morgan fingerprint density at radius 2 is 1.83 bits per heavy atom. The fourth-order valence-corrected chi connectivity index (χ4v) is 2.60. The minimum absolute atomic E-state index is 0. The van der Waals surface area contributed by atoms with Crippen molar-refractivity contribution in [2.24, 2.45) is 10.7 Å². The molecule has 1 saturated heterocycles. The van der Waals surface area contributed by atoms with Crippen LogP contribution in [0.15, 0.2) is 29.3 Å². The summed E-state index contributed by atoms with van der Waals surface area (Å²) in [6.07, 6.45) is 8.05. The molecule has 0 spiro atoms.